The summed E-state index contributed by atoms with van der Waals surface area (Å²) in [6, 6.07) is 6.84. The molecule has 8 heteroatoms. The molecule has 0 saturated carbocycles. The SMILES string of the molecule is CC(=O)Nc1ccc(NC(=O)c2cnc(N3CCOCC3)cn2)cc1. The number of carbonyl (C=O) groups excluding carboxylic acids is 2. The highest BCUT2D eigenvalue weighted by atomic mass is 16.5. The minimum Gasteiger partial charge on any atom is -0.378 e. The summed E-state index contributed by atoms with van der Waals surface area (Å²) < 4.78 is 5.30. The summed E-state index contributed by atoms with van der Waals surface area (Å²) in [5.74, 6) is 0.250. The monoisotopic (exact) mass is 341 g/mol. The lowest BCUT2D eigenvalue weighted by atomic mass is 10.2. The molecule has 2 amide bonds. The predicted molar refractivity (Wildman–Crippen MR) is 93.8 cm³/mol. The molecule has 1 aliphatic heterocycles. The normalized spacial score (nSPS) is 14.0. The zero-order chi connectivity index (χ0) is 17.6. The van der Waals surface area contributed by atoms with Gasteiger partial charge in [0.15, 0.2) is 0 Å². The van der Waals surface area contributed by atoms with Crippen LogP contribution in [0.2, 0.25) is 0 Å². The molecule has 0 radical (unpaired) electrons. The van der Waals surface area contributed by atoms with E-state index in [0.717, 1.165) is 18.9 Å². The lowest BCUT2D eigenvalue weighted by Gasteiger charge is -2.27. The van der Waals surface area contributed by atoms with Crippen LogP contribution < -0.4 is 15.5 Å². The van der Waals surface area contributed by atoms with E-state index in [4.69, 9.17) is 4.74 Å². The zero-order valence-electron chi connectivity index (χ0n) is 13.9. The van der Waals surface area contributed by atoms with Crippen molar-refractivity contribution in [1.82, 2.24) is 9.97 Å². The first-order chi connectivity index (χ1) is 12.1. The number of aromatic nitrogens is 2. The van der Waals surface area contributed by atoms with Crippen molar-refractivity contribution < 1.29 is 14.3 Å². The van der Waals surface area contributed by atoms with Crippen molar-refractivity contribution in [2.24, 2.45) is 0 Å². The van der Waals surface area contributed by atoms with Crippen LogP contribution in [-0.4, -0.2) is 48.1 Å². The minimum absolute atomic E-state index is 0.146. The van der Waals surface area contributed by atoms with E-state index in [1.165, 1.54) is 13.1 Å². The molecule has 2 aromatic rings. The van der Waals surface area contributed by atoms with Gasteiger partial charge in [-0.3, -0.25) is 9.59 Å². The standard InChI is InChI=1S/C17H19N5O3/c1-12(23)20-13-2-4-14(5-3-13)21-17(24)15-10-19-16(11-18-15)22-6-8-25-9-7-22/h2-5,10-11H,6-9H2,1H3,(H,20,23)(H,21,24). The third-order valence-corrected chi connectivity index (χ3v) is 3.67. The number of morpholine rings is 1. The van der Waals surface area contributed by atoms with E-state index in [0.29, 0.717) is 24.6 Å². The average Bonchev–Trinajstić information content (AvgIpc) is 2.64. The second kappa shape index (κ2) is 7.71. The third-order valence-electron chi connectivity index (χ3n) is 3.67. The highest BCUT2D eigenvalue weighted by molar-refractivity contribution is 6.02. The molecular formula is C17H19N5O3. The summed E-state index contributed by atoms with van der Waals surface area (Å²) >= 11 is 0. The molecule has 0 unspecified atom stereocenters. The first-order valence-corrected chi connectivity index (χ1v) is 7.95. The average molecular weight is 341 g/mol. The number of anilines is 3. The van der Waals surface area contributed by atoms with Crippen LogP contribution in [0.25, 0.3) is 0 Å². The Kier molecular flexibility index (Phi) is 5.20. The van der Waals surface area contributed by atoms with E-state index in [-0.39, 0.29) is 17.5 Å². The molecule has 25 heavy (non-hydrogen) atoms. The van der Waals surface area contributed by atoms with Crippen LogP contribution in [0.1, 0.15) is 17.4 Å². The number of amides is 2. The summed E-state index contributed by atoms with van der Waals surface area (Å²) in [7, 11) is 0. The van der Waals surface area contributed by atoms with Gasteiger partial charge in [-0.05, 0) is 24.3 Å². The number of hydrogen-bond acceptors (Lipinski definition) is 6. The molecule has 2 N–H and O–H groups in total. The first kappa shape index (κ1) is 16.8. The van der Waals surface area contributed by atoms with Crippen LogP contribution in [0.5, 0.6) is 0 Å². The van der Waals surface area contributed by atoms with E-state index in [9.17, 15) is 9.59 Å². The van der Waals surface area contributed by atoms with Crippen LogP contribution in [-0.2, 0) is 9.53 Å². The highest BCUT2D eigenvalue weighted by Crippen LogP contribution is 2.15. The maximum absolute atomic E-state index is 12.2. The second-order valence-corrected chi connectivity index (χ2v) is 5.57. The van der Waals surface area contributed by atoms with Gasteiger partial charge in [0.2, 0.25) is 5.91 Å². The number of carbonyl (C=O) groups is 2. The number of hydrogen-bond donors (Lipinski definition) is 2. The first-order valence-electron chi connectivity index (χ1n) is 7.95. The van der Waals surface area contributed by atoms with Gasteiger partial charge in [-0.25, -0.2) is 9.97 Å². The van der Waals surface area contributed by atoms with Crippen molar-refractivity contribution in [3.05, 3.63) is 42.4 Å². The number of nitrogens with zero attached hydrogens (tertiary/aromatic N) is 3. The Balaban J connectivity index is 1.61. The van der Waals surface area contributed by atoms with E-state index in [1.807, 2.05) is 0 Å². The molecule has 0 atom stereocenters. The van der Waals surface area contributed by atoms with Gasteiger partial charge in [-0.1, -0.05) is 0 Å². The van der Waals surface area contributed by atoms with Crippen molar-refractivity contribution in [1.29, 1.82) is 0 Å². The largest absolute Gasteiger partial charge is 0.378 e. The molecule has 130 valence electrons. The second-order valence-electron chi connectivity index (χ2n) is 5.57. The number of rotatable bonds is 4. The van der Waals surface area contributed by atoms with Crippen LogP contribution in [0.3, 0.4) is 0 Å². The van der Waals surface area contributed by atoms with Crippen molar-refractivity contribution >= 4 is 29.0 Å². The molecule has 0 spiro atoms. The van der Waals surface area contributed by atoms with Gasteiger partial charge in [-0.15, -0.1) is 0 Å². The fraction of sp³-hybridized carbons (Fsp3) is 0.294. The van der Waals surface area contributed by atoms with Crippen molar-refractivity contribution in [2.75, 3.05) is 41.8 Å². The Bertz CT molecular complexity index is 740. The van der Waals surface area contributed by atoms with Gasteiger partial charge in [-0.2, -0.15) is 0 Å². The molecule has 0 aliphatic carbocycles. The maximum Gasteiger partial charge on any atom is 0.275 e. The molecule has 1 fully saturated rings. The predicted octanol–water partition coefficient (Wildman–Crippen LogP) is 1.52. The fourth-order valence-corrected chi connectivity index (χ4v) is 2.43. The van der Waals surface area contributed by atoms with Gasteiger partial charge in [0.1, 0.15) is 11.5 Å². The van der Waals surface area contributed by atoms with Crippen molar-refractivity contribution in [3.8, 4) is 0 Å². The van der Waals surface area contributed by atoms with Crippen molar-refractivity contribution in [2.45, 2.75) is 6.92 Å². The highest BCUT2D eigenvalue weighted by Gasteiger charge is 2.14. The Morgan fingerprint density at radius 2 is 1.64 bits per heavy atom. The van der Waals surface area contributed by atoms with Gasteiger partial charge < -0.3 is 20.3 Å². The van der Waals surface area contributed by atoms with E-state index >= 15 is 0 Å². The fourth-order valence-electron chi connectivity index (χ4n) is 2.43. The number of ether oxygens (including phenoxy) is 1. The summed E-state index contributed by atoms with van der Waals surface area (Å²) in [6.45, 7) is 4.30. The topological polar surface area (TPSA) is 96.5 Å². The lowest BCUT2D eigenvalue weighted by Crippen LogP contribution is -2.36. The summed E-state index contributed by atoms with van der Waals surface area (Å²) in [4.78, 5) is 33.8. The molecular weight excluding hydrogens is 322 g/mol. The van der Waals surface area contributed by atoms with Crippen LogP contribution in [0.4, 0.5) is 17.2 Å². The van der Waals surface area contributed by atoms with E-state index < -0.39 is 0 Å². The molecule has 0 bridgehead atoms. The minimum atomic E-state index is -0.340. The quantitative estimate of drug-likeness (QED) is 0.875. The van der Waals surface area contributed by atoms with E-state index in [1.54, 1.807) is 30.5 Å². The van der Waals surface area contributed by atoms with Crippen LogP contribution >= 0.6 is 0 Å². The number of nitrogens with one attached hydrogen (secondary N) is 2. The Morgan fingerprint density at radius 3 is 2.20 bits per heavy atom. The van der Waals surface area contributed by atoms with Crippen molar-refractivity contribution in [3.63, 3.8) is 0 Å². The zero-order valence-corrected chi connectivity index (χ0v) is 13.9. The molecule has 1 aromatic carbocycles. The summed E-state index contributed by atoms with van der Waals surface area (Å²) in [5.41, 5.74) is 1.52. The van der Waals surface area contributed by atoms with Gasteiger partial charge >= 0.3 is 0 Å². The van der Waals surface area contributed by atoms with Gasteiger partial charge in [0.05, 0.1) is 25.6 Å². The molecule has 2 heterocycles. The maximum atomic E-state index is 12.2. The Hall–Kier alpha value is -3.00. The molecule has 1 aromatic heterocycles. The smallest absolute Gasteiger partial charge is 0.275 e. The van der Waals surface area contributed by atoms with Crippen LogP contribution in [0.15, 0.2) is 36.7 Å². The molecule has 1 saturated heterocycles. The van der Waals surface area contributed by atoms with E-state index in [2.05, 4.69) is 25.5 Å². The third kappa shape index (κ3) is 4.51. The summed E-state index contributed by atoms with van der Waals surface area (Å²) in [6.07, 6.45) is 3.06. The van der Waals surface area contributed by atoms with Crippen LogP contribution in [0, 0.1) is 0 Å². The Morgan fingerprint density at radius 1 is 1.00 bits per heavy atom. The summed E-state index contributed by atoms with van der Waals surface area (Å²) in [5, 5.41) is 5.42. The van der Waals surface area contributed by atoms with Gasteiger partial charge in [0, 0.05) is 31.4 Å². The molecule has 1 aliphatic rings. The molecule has 3 rings (SSSR count). The van der Waals surface area contributed by atoms with Gasteiger partial charge in [0.25, 0.3) is 5.91 Å². The lowest BCUT2D eigenvalue weighted by molar-refractivity contribution is -0.114. The number of benzene rings is 1. The molecule has 8 nitrogen and oxygen atoms in total. The Labute approximate surface area is 145 Å².